The highest BCUT2D eigenvalue weighted by molar-refractivity contribution is 6.45. The molecule has 12 heteroatoms. The van der Waals surface area contributed by atoms with Crippen molar-refractivity contribution in [2.24, 2.45) is 16.3 Å². The van der Waals surface area contributed by atoms with Gasteiger partial charge in [0.2, 0.25) is 5.91 Å². The van der Waals surface area contributed by atoms with E-state index in [0.717, 1.165) is 25.6 Å². The summed E-state index contributed by atoms with van der Waals surface area (Å²) in [6, 6.07) is 6.63. The smallest absolute Gasteiger partial charge is 0.418 e. The molecule has 2 unspecified atom stereocenters. The van der Waals surface area contributed by atoms with Gasteiger partial charge < -0.3 is 24.7 Å². The van der Waals surface area contributed by atoms with Gasteiger partial charge in [-0.05, 0) is 69.9 Å². The average molecular weight is 676 g/mol. The van der Waals surface area contributed by atoms with Gasteiger partial charge in [-0.2, -0.15) is 13.2 Å². The zero-order valence-electron chi connectivity index (χ0n) is 27.9. The Hall–Kier alpha value is -3.67. The quantitative estimate of drug-likeness (QED) is 0.149. The number of hydrogen-bond donors (Lipinski definition) is 2. The van der Waals surface area contributed by atoms with E-state index in [-0.39, 0.29) is 38.4 Å². The molecule has 0 radical (unpaired) electrons. The number of carbonyl (C=O) groups excluding carboxylic acids is 2. The fourth-order valence-corrected chi connectivity index (χ4v) is 7.49. The monoisotopic (exact) mass is 675 g/mol. The minimum absolute atomic E-state index is 0.173. The van der Waals surface area contributed by atoms with E-state index in [0.29, 0.717) is 69.3 Å². The summed E-state index contributed by atoms with van der Waals surface area (Å²) < 4.78 is 47.6. The highest BCUT2D eigenvalue weighted by Crippen LogP contribution is 2.45. The molecule has 9 nitrogen and oxygen atoms in total. The Morgan fingerprint density at radius 3 is 2.35 bits per heavy atom. The maximum absolute atomic E-state index is 14.0. The minimum atomic E-state index is -4.81. The first-order valence-corrected chi connectivity index (χ1v) is 17.0. The summed E-state index contributed by atoms with van der Waals surface area (Å²) in [6.07, 6.45) is 2.85. The Morgan fingerprint density at radius 1 is 1.10 bits per heavy atom. The molecule has 2 aliphatic heterocycles. The van der Waals surface area contributed by atoms with Gasteiger partial charge in [-0.15, -0.1) is 0 Å². The van der Waals surface area contributed by atoms with Crippen LogP contribution in [0.5, 0.6) is 5.75 Å². The molecule has 3 fully saturated rings. The topological polar surface area (TPSA) is 120 Å². The highest BCUT2D eigenvalue weighted by Gasteiger charge is 2.46. The number of benzene rings is 1. The first kappa shape index (κ1) is 37.2. The molecule has 264 valence electrons. The van der Waals surface area contributed by atoms with Gasteiger partial charge >= 0.3 is 12.1 Å². The van der Waals surface area contributed by atoms with E-state index in [1.165, 1.54) is 4.90 Å². The molecule has 1 aliphatic carbocycles. The van der Waals surface area contributed by atoms with Crippen molar-refractivity contribution in [3.8, 4) is 5.75 Å². The van der Waals surface area contributed by atoms with Crippen molar-refractivity contribution in [1.82, 2.24) is 9.80 Å². The van der Waals surface area contributed by atoms with Crippen LogP contribution in [0.15, 0.2) is 53.6 Å². The van der Waals surface area contributed by atoms with Crippen LogP contribution in [0.3, 0.4) is 0 Å². The molecule has 1 aromatic carbocycles. The normalized spacial score (nSPS) is 22.9. The summed E-state index contributed by atoms with van der Waals surface area (Å²) >= 11 is 0. The molecule has 0 spiro atoms. The molecule has 2 N–H and O–H groups in total. The SMILES string of the molecule is C=C/C=C(\C(=NC)C(=O)N1CCCC(C(=O)N2CCC(O)(c3ccccc3OCCCC3(C(=O)O)CCC3)CC2)C1CCC)C(F)(F)F. The predicted molar refractivity (Wildman–Crippen MR) is 176 cm³/mol. The van der Waals surface area contributed by atoms with Gasteiger partial charge in [-0.25, -0.2) is 0 Å². The number of para-hydroxylation sites is 1. The largest absolute Gasteiger partial charge is 0.493 e. The van der Waals surface area contributed by atoms with Crippen LogP contribution in [0.1, 0.15) is 83.1 Å². The number of likely N-dealkylation sites (tertiary alicyclic amines) is 2. The number of aliphatic hydroxyl groups is 1. The zero-order valence-corrected chi connectivity index (χ0v) is 27.9. The van der Waals surface area contributed by atoms with E-state index < -0.39 is 52.3 Å². The Kier molecular flexibility index (Phi) is 12.1. The first-order chi connectivity index (χ1) is 22.8. The van der Waals surface area contributed by atoms with Crippen LogP contribution in [0.25, 0.3) is 0 Å². The number of ether oxygens (including phenoxy) is 1. The molecule has 2 heterocycles. The number of aliphatic carboxylic acids is 1. The summed E-state index contributed by atoms with van der Waals surface area (Å²) in [7, 11) is 1.15. The van der Waals surface area contributed by atoms with Crippen molar-refractivity contribution in [2.45, 2.75) is 95.4 Å². The van der Waals surface area contributed by atoms with Crippen LogP contribution in [0.4, 0.5) is 13.2 Å². The highest BCUT2D eigenvalue weighted by atomic mass is 19.4. The van der Waals surface area contributed by atoms with Gasteiger partial charge in [0.05, 0.1) is 29.1 Å². The molecular weight excluding hydrogens is 627 g/mol. The summed E-state index contributed by atoms with van der Waals surface area (Å²) in [4.78, 5) is 46.1. The van der Waals surface area contributed by atoms with E-state index in [1.54, 1.807) is 11.0 Å². The van der Waals surface area contributed by atoms with Crippen LogP contribution in [-0.4, -0.2) is 89.0 Å². The number of rotatable bonds is 13. The Morgan fingerprint density at radius 2 is 1.79 bits per heavy atom. The van der Waals surface area contributed by atoms with Crippen molar-refractivity contribution >= 4 is 23.5 Å². The summed E-state index contributed by atoms with van der Waals surface area (Å²) in [5.41, 5.74) is -3.16. The number of nitrogens with zero attached hydrogens (tertiary/aromatic N) is 3. The van der Waals surface area contributed by atoms with Gasteiger partial charge in [-0.3, -0.25) is 19.4 Å². The molecule has 4 rings (SSSR count). The molecule has 0 bridgehead atoms. The number of allylic oxidation sites excluding steroid dienone is 2. The number of amides is 2. The number of halogens is 3. The maximum atomic E-state index is 14.0. The van der Waals surface area contributed by atoms with Crippen molar-refractivity contribution in [1.29, 1.82) is 0 Å². The minimum Gasteiger partial charge on any atom is -0.493 e. The number of piperidine rings is 2. The lowest BCUT2D eigenvalue weighted by Gasteiger charge is -2.45. The van der Waals surface area contributed by atoms with Crippen molar-refractivity contribution in [2.75, 3.05) is 33.3 Å². The van der Waals surface area contributed by atoms with Crippen LogP contribution in [0.2, 0.25) is 0 Å². The Bertz CT molecular complexity index is 1400. The molecule has 2 saturated heterocycles. The van der Waals surface area contributed by atoms with Crippen LogP contribution >= 0.6 is 0 Å². The summed E-state index contributed by atoms with van der Waals surface area (Å²) in [5, 5.41) is 21.4. The number of alkyl halides is 3. The molecule has 3 aliphatic rings. The first-order valence-electron chi connectivity index (χ1n) is 17.0. The number of carboxylic acids is 1. The number of carbonyl (C=O) groups is 3. The van der Waals surface area contributed by atoms with Crippen LogP contribution in [0, 0.1) is 11.3 Å². The Labute approximate surface area is 280 Å². The van der Waals surface area contributed by atoms with Crippen molar-refractivity contribution < 1.29 is 42.5 Å². The molecule has 2 atom stereocenters. The molecule has 2 amide bonds. The zero-order chi connectivity index (χ0) is 35.1. The Balaban J connectivity index is 1.43. The third-order valence-electron chi connectivity index (χ3n) is 10.3. The third-order valence-corrected chi connectivity index (χ3v) is 10.3. The van der Waals surface area contributed by atoms with Gasteiger partial charge in [0.1, 0.15) is 11.5 Å². The third kappa shape index (κ3) is 7.96. The fraction of sp³-hybridized carbons (Fsp3) is 0.611. The molecule has 48 heavy (non-hydrogen) atoms. The van der Waals surface area contributed by atoms with Gasteiger partial charge in [0, 0.05) is 38.3 Å². The second kappa shape index (κ2) is 15.7. The van der Waals surface area contributed by atoms with E-state index in [9.17, 15) is 37.8 Å². The van der Waals surface area contributed by atoms with Crippen LogP contribution < -0.4 is 4.74 Å². The molecular formula is C36H48F3N3O6. The van der Waals surface area contributed by atoms with E-state index in [1.807, 2.05) is 25.1 Å². The predicted octanol–water partition coefficient (Wildman–Crippen LogP) is 6.06. The van der Waals surface area contributed by atoms with Crippen molar-refractivity contribution in [3.05, 3.63) is 54.1 Å². The summed E-state index contributed by atoms with van der Waals surface area (Å²) in [5.74, 6) is -1.85. The lowest BCUT2D eigenvalue weighted by molar-refractivity contribution is -0.155. The molecule has 0 aromatic heterocycles. The van der Waals surface area contributed by atoms with Gasteiger partial charge in [0.15, 0.2) is 0 Å². The summed E-state index contributed by atoms with van der Waals surface area (Å²) in [6.45, 7) is 6.32. The lowest BCUT2D eigenvalue weighted by atomic mass is 9.66. The average Bonchev–Trinajstić information content (AvgIpc) is 3.03. The number of aliphatic imine (C=N–C) groups is 1. The van der Waals surface area contributed by atoms with Gasteiger partial charge in [0.25, 0.3) is 5.91 Å². The standard InChI is InChI=1S/C36H48F3N3O6/c1-4-11-27(36(37,38)39)30(40-3)32(44)42-21-8-13-25(28(42)12-5-2)31(43)41-22-19-35(47,20-23-41)26-14-6-7-15-29(26)48-24-10-18-34(33(45)46)16-9-17-34/h4,6-7,11,14-15,25,28,47H,1,5,8-10,12-13,16-24H2,2-3H3,(H,45,46)/b27-11+,40-30?. The van der Waals surface area contributed by atoms with E-state index >= 15 is 0 Å². The van der Waals surface area contributed by atoms with E-state index in [4.69, 9.17) is 4.74 Å². The van der Waals surface area contributed by atoms with Crippen LogP contribution in [-0.2, 0) is 20.0 Å². The maximum Gasteiger partial charge on any atom is 0.418 e. The van der Waals surface area contributed by atoms with E-state index in [2.05, 4.69) is 11.6 Å². The second-order valence-corrected chi connectivity index (χ2v) is 13.2. The second-order valence-electron chi connectivity index (χ2n) is 13.2. The lowest BCUT2D eigenvalue weighted by Crippen LogP contribution is -2.56. The molecule has 1 aromatic rings. The number of hydrogen-bond acceptors (Lipinski definition) is 6. The molecule has 1 saturated carbocycles. The fourth-order valence-electron chi connectivity index (χ4n) is 7.49. The van der Waals surface area contributed by atoms with Crippen molar-refractivity contribution in [3.63, 3.8) is 0 Å². The number of carboxylic acid groups (broad SMARTS) is 1. The van der Waals surface area contributed by atoms with Gasteiger partial charge in [-0.1, -0.05) is 50.6 Å².